The van der Waals surface area contributed by atoms with Crippen LogP contribution in [0, 0.1) is 5.92 Å². The Kier molecular flexibility index (Phi) is 5.65. The van der Waals surface area contributed by atoms with Gasteiger partial charge in [0.05, 0.1) is 12.2 Å². The quantitative estimate of drug-likeness (QED) is 0.816. The molecule has 2 aliphatic rings. The number of carbonyl (C=O) groups is 1. The maximum atomic E-state index is 12.7. The van der Waals surface area contributed by atoms with Crippen LogP contribution in [0.15, 0.2) is 35.7 Å². The van der Waals surface area contributed by atoms with Gasteiger partial charge in [0.15, 0.2) is 0 Å². The van der Waals surface area contributed by atoms with Crippen molar-refractivity contribution in [3.8, 4) is 11.3 Å². The van der Waals surface area contributed by atoms with Gasteiger partial charge in [-0.25, -0.2) is 4.98 Å². The number of carbonyl (C=O) groups excluding carboxylic acids is 1. The summed E-state index contributed by atoms with van der Waals surface area (Å²) in [5.41, 5.74) is 2.25. The van der Waals surface area contributed by atoms with Gasteiger partial charge in [0, 0.05) is 43.0 Å². The summed E-state index contributed by atoms with van der Waals surface area (Å²) in [5.74, 6) is 0.702. The normalized spacial score (nSPS) is 19.6. The summed E-state index contributed by atoms with van der Waals surface area (Å²) < 4.78 is 0. The third-order valence-corrected chi connectivity index (χ3v) is 6.45. The molecule has 5 heteroatoms. The Morgan fingerprint density at radius 3 is 2.50 bits per heavy atom. The molecule has 1 aliphatic heterocycles. The van der Waals surface area contributed by atoms with Crippen LogP contribution in [0.2, 0.25) is 0 Å². The van der Waals surface area contributed by atoms with Crippen molar-refractivity contribution in [1.29, 1.82) is 0 Å². The second kappa shape index (κ2) is 8.31. The topological polar surface area (TPSA) is 36.4 Å². The van der Waals surface area contributed by atoms with Crippen molar-refractivity contribution < 1.29 is 4.79 Å². The fourth-order valence-electron chi connectivity index (χ4n) is 4.05. The molecule has 138 valence electrons. The van der Waals surface area contributed by atoms with Crippen molar-refractivity contribution in [3.05, 3.63) is 40.7 Å². The molecular formula is C21H27N3OS. The maximum Gasteiger partial charge on any atom is 0.225 e. The van der Waals surface area contributed by atoms with E-state index in [2.05, 4.69) is 39.4 Å². The van der Waals surface area contributed by atoms with Gasteiger partial charge in [-0.3, -0.25) is 9.69 Å². The van der Waals surface area contributed by atoms with Crippen molar-refractivity contribution in [2.24, 2.45) is 5.92 Å². The molecule has 2 aromatic rings. The van der Waals surface area contributed by atoms with E-state index in [9.17, 15) is 4.79 Å². The molecule has 0 radical (unpaired) electrons. The van der Waals surface area contributed by atoms with Gasteiger partial charge in [0.1, 0.15) is 5.01 Å². The molecule has 2 heterocycles. The van der Waals surface area contributed by atoms with Crippen LogP contribution < -0.4 is 0 Å². The average Bonchev–Trinajstić information content (AvgIpc) is 3.18. The predicted octanol–water partition coefficient (Wildman–Crippen LogP) is 4.03. The van der Waals surface area contributed by atoms with Gasteiger partial charge in [-0.15, -0.1) is 11.3 Å². The fourth-order valence-corrected chi connectivity index (χ4v) is 4.90. The zero-order valence-electron chi connectivity index (χ0n) is 15.3. The van der Waals surface area contributed by atoms with Crippen LogP contribution in [0.25, 0.3) is 11.3 Å². The first kappa shape index (κ1) is 17.7. The standard InChI is InChI=1S/C21H27N3OS/c25-21(18-9-5-2-6-10-18)24-13-11-23(12-14-24)15-20-22-19(16-26-20)17-7-3-1-4-8-17/h1,3-4,7-8,16,18H,2,5-6,9-15H2. The van der Waals surface area contributed by atoms with Crippen LogP contribution in [0.3, 0.4) is 0 Å². The molecule has 26 heavy (non-hydrogen) atoms. The summed E-state index contributed by atoms with van der Waals surface area (Å²) >= 11 is 1.73. The van der Waals surface area contributed by atoms with Crippen molar-refractivity contribution in [2.45, 2.75) is 38.6 Å². The molecule has 1 saturated heterocycles. The van der Waals surface area contributed by atoms with E-state index >= 15 is 0 Å². The van der Waals surface area contributed by atoms with Gasteiger partial charge in [0.2, 0.25) is 5.91 Å². The van der Waals surface area contributed by atoms with E-state index in [0.717, 1.165) is 56.3 Å². The number of hydrogen-bond donors (Lipinski definition) is 0. The second-order valence-electron chi connectivity index (χ2n) is 7.43. The smallest absolute Gasteiger partial charge is 0.225 e. The van der Waals surface area contributed by atoms with Crippen molar-refractivity contribution in [3.63, 3.8) is 0 Å². The number of rotatable bonds is 4. The zero-order valence-corrected chi connectivity index (χ0v) is 16.1. The van der Waals surface area contributed by atoms with Crippen LogP contribution in [0.1, 0.15) is 37.1 Å². The van der Waals surface area contributed by atoms with Gasteiger partial charge < -0.3 is 4.90 Å². The number of amides is 1. The van der Waals surface area contributed by atoms with Crippen LogP contribution in [-0.2, 0) is 11.3 Å². The minimum atomic E-state index is 0.294. The summed E-state index contributed by atoms with van der Waals surface area (Å²) in [5, 5.41) is 3.31. The highest BCUT2D eigenvalue weighted by Gasteiger charge is 2.28. The first-order valence-electron chi connectivity index (χ1n) is 9.80. The van der Waals surface area contributed by atoms with Gasteiger partial charge >= 0.3 is 0 Å². The summed E-state index contributed by atoms with van der Waals surface area (Å²) in [4.78, 5) is 22.0. The van der Waals surface area contributed by atoms with E-state index in [1.54, 1.807) is 11.3 Å². The minimum absolute atomic E-state index is 0.294. The molecule has 2 fully saturated rings. The molecular weight excluding hydrogens is 342 g/mol. The van der Waals surface area contributed by atoms with Gasteiger partial charge in [-0.05, 0) is 12.8 Å². The van der Waals surface area contributed by atoms with E-state index in [1.165, 1.54) is 24.8 Å². The predicted molar refractivity (Wildman–Crippen MR) is 106 cm³/mol. The molecule has 0 bridgehead atoms. The molecule has 1 aromatic carbocycles. The van der Waals surface area contributed by atoms with E-state index in [0.29, 0.717) is 11.8 Å². The van der Waals surface area contributed by atoms with Gasteiger partial charge in [-0.2, -0.15) is 0 Å². The lowest BCUT2D eigenvalue weighted by Crippen LogP contribution is -2.50. The van der Waals surface area contributed by atoms with E-state index in [1.807, 2.05) is 6.07 Å². The summed E-state index contributed by atoms with van der Waals surface area (Å²) in [6.07, 6.45) is 5.95. The molecule has 1 saturated carbocycles. The number of aromatic nitrogens is 1. The highest BCUT2D eigenvalue weighted by molar-refractivity contribution is 7.09. The summed E-state index contributed by atoms with van der Waals surface area (Å²) in [6, 6.07) is 10.3. The summed E-state index contributed by atoms with van der Waals surface area (Å²) in [7, 11) is 0. The molecule has 0 spiro atoms. The number of nitrogens with zero attached hydrogens (tertiary/aromatic N) is 3. The Bertz CT molecular complexity index is 716. The lowest BCUT2D eigenvalue weighted by molar-refractivity contribution is -0.138. The molecule has 4 rings (SSSR count). The number of benzene rings is 1. The van der Waals surface area contributed by atoms with Crippen molar-refractivity contribution >= 4 is 17.2 Å². The van der Waals surface area contributed by atoms with Crippen molar-refractivity contribution in [2.75, 3.05) is 26.2 Å². The first-order chi connectivity index (χ1) is 12.8. The molecule has 0 N–H and O–H groups in total. The monoisotopic (exact) mass is 369 g/mol. The van der Waals surface area contributed by atoms with E-state index in [4.69, 9.17) is 4.98 Å². The number of piperazine rings is 1. The van der Waals surface area contributed by atoms with Gasteiger partial charge in [0.25, 0.3) is 0 Å². The third-order valence-electron chi connectivity index (χ3n) is 5.62. The van der Waals surface area contributed by atoms with E-state index < -0.39 is 0 Å². The average molecular weight is 370 g/mol. The van der Waals surface area contributed by atoms with Crippen molar-refractivity contribution in [1.82, 2.24) is 14.8 Å². The van der Waals surface area contributed by atoms with Crippen LogP contribution in [0.4, 0.5) is 0 Å². The Labute approximate surface area is 159 Å². The van der Waals surface area contributed by atoms with Crippen LogP contribution >= 0.6 is 11.3 Å². The number of hydrogen-bond acceptors (Lipinski definition) is 4. The molecule has 0 unspecified atom stereocenters. The minimum Gasteiger partial charge on any atom is -0.340 e. The third kappa shape index (κ3) is 4.15. The van der Waals surface area contributed by atoms with Crippen LogP contribution in [0.5, 0.6) is 0 Å². The Morgan fingerprint density at radius 2 is 1.77 bits per heavy atom. The van der Waals surface area contributed by atoms with E-state index in [-0.39, 0.29) is 0 Å². The SMILES string of the molecule is O=C(C1CCCCC1)N1CCN(Cc2nc(-c3ccccc3)cs2)CC1. The largest absolute Gasteiger partial charge is 0.340 e. The first-order valence-corrected chi connectivity index (χ1v) is 10.7. The van der Waals surface area contributed by atoms with Gasteiger partial charge in [-0.1, -0.05) is 49.6 Å². The summed E-state index contributed by atoms with van der Waals surface area (Å²) in [6.45, 7) is 4.54. The Morgan fingerprint density at radius 1 is 1.04 bits per heavy atom. The maximum absolute atomic E-state index is 12.7. The van der Waals surface area contributed by atoms with Crippen LogP contribution in [-0.4, -0.2) is 46.9 Å². The molecule has 1 aromatic heterocycles. The highest BCUT2D eigenvalue weighted by atomic mass is 32.1. The molecule has 1 aliphatic carbocycles. The fraction of sp³-hybridized carbons (Fsp3) is 0.524. The molecule has 1 amide bonds. The number of thiazole rings is 1. The Balaban J connectivity index is 1.29. The highest BCUT2D eigenvalue weighted by Crippen LogP contribution is 2.26. The lowest BCUT2D eigenvalue weighted by Gasteiger charge is -2.36. The molecule has 0 atom stereocenters. The molecule has 4 nitrogen and oxygen atoms in total. The lowest BCUT2D eigenvalue weighted by atomic mass is 9.88. The Hall–Kier alpha value is -1.72. The second-order valence-corrected chi connectivity index (χ2v) is 8.37. The zero-order chi connectivity index (χ0) is 17.8.